The number of amides is 1. The first-order valence-corrected chi connectivity index (χ1v) is 8.63. The number of benzene rings is 2. The number of carbonyl (C=O) groups excluding carboxylic acids is 1. The number of rotatable bonds is 4. The number of phenols is 1. The molecule has 146 valence electrons. The van der Waals surface area contributed by atoms with E-state index < -0.39 is 16.9 Å². The summed E-state index contributed by atoms with van der Waals surface area (Å²) in [7, 11) is 0. The minimum absolute atomic E-state index is 0.0783. The van der Waals surface area contributed by atoms with E-state index in [0.717, 1.165) is 0 Å². The maximum Gasteiger partial charge on any atom is 0.270 e. The van der Waals surface area contributed by atoms with Crippen molar-refractivity contribution in [2.75, 3.05) is 5.32 Å². The first kappa shape index (κ1) is 18.2. The van der Waals surface area contributed by atoms with Gasteiger partial charge in [0, 0.05) is 23.4 Å². The second kappa shape index (κ2) is 6.75. The van der Waals surface area contributed by atoms with Gasteiger partial charge >= 0.3 is 0 Å². The number of nitrogens with two attached hydrogens (primary N) is 1. The normalized spacial score (nSPS) is 15.6. The molecule has 2 heterocycles. The highest BCUT2D eigenvalue weighted by molar-refractivity contribution is 5.95. The monoisotopic (exact) mass is 392 g/mol. The third kappa shape index (κ3) is 3.16. The van der Waals surface area contributed by atoms with Crippen molar-refractivity contribution in [1.82, 2.24) is 14.8 Å². The van der Waals surface area contributed by atoms with E-state index in [1.807, 2.05) is 0 Å². The highest BCUT2D eigenvalue weighted by atomic mass is 16.6. The quantitative estimate of drug-likeness (QED) is 0.455. The number of nitro benzene ring substituents is 1. The summed E-state index contributed by atoms with van der Waals surface area (Å²) in [4.78, 5) is 27.2. The predicted molar refractivity (Wildman–Crippen MR) is 104 cm³/mol. The summed E-state index contributed by atoms with van der Waals surface area (Å²) in [5.74, 6) is 0.0943. The number of non-ortho nitro benzene ring substituents is 1. The van der Waals surface area contributed by atoms with Crippen LogP contribution in [0.3, 0.4) is 0 Å². The average Bonchev–Trinajstić information content (AvgIpc) is 3.11. The molecule has 2 aromatic carbocycles. The van der Waals surface area contributed by atoms with Gasteiger partial charge in [-0.3, -0.25) is 14.9 Å². The molecule has 1 amide bonds. The highest BCUT2D eigenvalue weighted by Crippen LogP contribution is 2.36. The van der Waals surface area contributed by atoms with Crippen LogP contribution in [0.5, 0.6) is 5.75 Å². The van der Waals surface area contributed by atoms with E-state index in [1.165, 1.54) is 28.9 Å². The van der Waals surface area contributed by atoms with Gasteiger partial charge in [-0.2, -0.15) is 4.98 Å². The molecule has 1 aromatic heterocycles. The topological polar surface area (TPSA) is 149 Å². The zero-order valence-electron chi connectivity index (χ0n) is 15.2. The Bertz CT molecular complexity index is 1170. The Balaban J connectivity index is 1.86. The van der Waals surface area contributed by atoms with Crippen molar-refractivity contribution in [1.29, 1.82) is 0 Å². The molecule has 10 heteroatoms. The number of nitrogens with zero attached hydrogens (tertiary/aromatic N) is 4. The van der Waals surface area contributed by atoms with Crippen molar-refractivity contribution >= 4 is 17.5 Å². The summed E-state index contributed by atoms with van der Waals surface area (Å²) in [5.41, 5.74) is 7.51. The Kier molecular flexibility index (Phi) is 4.23. The standard InChI is InChI=1S/C19H16N6O4/c1-10-15(17(20)27)16(11-5-7-14(26)8-6-11)24-19(21-10)22-18(23-24)12-3-2-4-13(9-12)25(28)29/h2-9,16,26H,1H3,(H2,20,27)(H,21,22,23). The van der Waals surface area contributed by atoms with Crippen molar-refractivity contribution in [3.05, 3.63) is 75.5 Å². The molecular formula is C19H16N6O4. The van der Waals surface area contributed by atoms with Gasteiger partial charge in [-0.1, -0.05) is 24.3 Å². The second-order valence-electron chi connectivity index (χ2n) is 6.53. The maximum atomic E-state index is 12.2. The van der Waals surface area contributed by atoms with Gasteiger partial charge in [-0.15, -0.1) is 5.10 Å². The van der Waals surface area contributed by atoms with Crippen molar-refractivity contribution in [3.8, 4) is 17.1 Å². The van der Waals surface area contributed by atoms with Crippen LogP contribution in [0, 0.1) is 10.1 Å². The molecule has 4 N–H and O–H groups in total. The Labute approximate surface area is 164 Å². The lowest BCUT2D eigenvalue weighted by atomic mass is 9.95. The van der Waals surface area contributed by atoms with E-state index in [0.29, 0.717) is 28.3 Å². The first-order chi connectivity index (χ1) is 13.8. The van der Waals surface area contributed by atoms with E-state index in [4.69, 9.17) is 5.73 Å². The second-order valence-corrected chi connectivity index (χ2v) is 6.53. The fraction of sp³-hybridized carbons (Fsp3) is 0.105. The lowest BCUT2D eigenvalue weighted by Gasteiger charge is -2.27. The van der Waals surface area contributed by atoms with Gasteiger partial charge in [0.2, 0.25) is 11.9 Å². The summed E-state index contributed by atoms with van der Waals surface area (Å²) in [6, 6.07) is 11.7. The van der Waals surface area contributed by atoms with Crippen LogP contribution < -0.4 is 11.1 Å². The van der Waals surface area contributed by atoms with Crippen LogP contribution in [0.25, 0.3) is 11.4 Å². The minimum Gasteiger partial charge on any atom is -0.508 e. The van der Waals surface area contributed by atoms with E-state index in [2.05, 4.69) is 15.4 Å². The lowest BCUT2D eigenvalue weighted by Crippen LogP contribution is -2.31. The predicted octanol–water partition coefficient (Wildman–Crippen LogP) is 2.33. The summed E-state index contributed by atoms with van der Waals surface area (Å²) < 4.78 is 1.51. The number of carbonyl (C=O) groups is 1. The van der Waals surface area contributed by atoms with Crippen LogP contribution in [0.2, 0.25) is 0 Å². The number of fused-ring (bicyclic) bond motifs is 1. The number of aromatic hydroxyl groups is 1. The van der Waals surface area contributed by atoms with Crippen molar-refractivity contribution in [2.24, 2.45) is 5.73 Å². The van der Waals surface area contributed by atoms with Gasteiger partial charge in [0.05, 0.1) is 10.5 Å². The number of nitro groups is 1. The number of primary amides is 1. The van der Waals surface area contributed by atoms with Crippen LogP contribution in [0.15, 0.2) is 59.8 Å². The van der Waals surface area contributed by atoms with Crippen LogP contribution >= 0.6 is 0 Å². The molecule has 1 aliphatic rings. The number of phenolic OH excluding ortho intramolecular Hbond substituents is 1. The molecule has 1 aliphatic heterocycles. The average molecular weight is 392 g/mol. The molecule has 0 bridgehead atoms. The summed E-state index contributed by atoms with van der Waals surface area (Å²) in [6.07, 6.45) is 0. The number of aromatic nitrogens is 3. The van der Waals surface area contributed by atoms with Crippen LogP contribution in [-0.4, -0.2) is 30.7 Å². The molecular weight excluding hydrogens is 376 g/mol. The molecule has 29 heavy (non-hydrogen) atoms. The molecule has 0 radical (unpaired) electrons. The highest BCUT2D eigenvalue weighted by Gasteiger charge is 2.33. The van der Waals surface area contributed by atoms with Gasteiger partial charge in [0.15, 0.2) is 5.82 Å². The van der Waals surface area contributed by atoms with E-state index in [-0.39, 0.29) is 17.3 Å². The van der Waals surface area contributed by atoms with Crippen molar-refractivity contribution in [3.63, 3.8) is 0 Å². The number of hydrogen-bond acceptors (Lipinski definition) is 7. The van der Waals surface area contributed by atoms with Crippen molar-refractivity contribution < 1.29 is 14.8 Å². The molecule has 0 aliphatic carbocycles. The molecule has 4 rings (SSSR count). The molecule has 10 nitrogen and oxygen atoms in total. The first-order valence-electron chi connectivity index (χ1n) is 8.63. The third-order valence-corrected chi connectivity index (χ3v) is 4.64. The van der Waals surface area contributed by atoms with Crippen molar-refractivity contribution in [2.45, 2.75) is 13.0 Å². The van der Waals surface area contributed by atoms with E-state index in [9.17, 15) is 20.0 Å². The summed E-state index contributed by atoms with van der Waals surface area (Å²) in [5, 5.41) is 28.2. The molecule has 3 aromatic rings. The molecule has 1 atom stereocenters. The largest absolute Gasteiger partial charge is 0.508 e. The van der Waals surface area contributed by atoms with Gasteiger partial charge < -0.3 is 16.2 Å². The van der Waals surface area contributed by atoms with Crippen LogP contribution in [0.1, 0.15) is 18.5 Å². The molecule has 0 saturated heterocycles. The fourth-order valence-electron chi connectivity index (χ4n) is 3.32. The minimum atomic E-state index is -0.663. The van der Waals surface area contributed by atoms with Gasteiger partial charge in [0.25, 0.3) is 5.69 Å². The van der Waals surface area contributed by atoms with Crippen LogP contribution in [-0.2, 0) is 4.79 Å². The SMILES string of the molecule is CC1=C(C(N)=O)C(c2ccc(O)cc2)n2nc(-c3cccc([N+](=O)[O-])c3)nc2N1. The Morgan fingerprint density at radius 2 is 2.00 bits per heavy atom. The molecule has 0 fully saturated rings. The zero-order valence-corrected chi connectivity index (χ0v) is 15.2. The van der Waals surface area contributed by atoms with E-state index in [1.54, 1.807) is 31.2 Å². The zero-order chi connectivity index (χ0) is 20.7. The number of hydrogen-bond donors (Lipinski definition) is 3. The Hall–Kier alpha value is -4.21. The van der Waals surface area contributed by atoms with Gasteiger partial charge in [-0.05, 0) is 24.6 Å². The summed E-state index contributed by atoms with van der Waals surface area (Å²) in [6.45, 7) is 1.71. The molecule has 0 spiro atoms. The third-order valence-electron chi connectivity index (χ3n) is 4.64. The van der Waals surface area contributed by atoms with Gasteiger partial charge in [-0.25, -0.2) is 4.68 Å². The lowest BCUT2D eigenvalue weighted by molar-refractivity contribution is -0.384. The van der Waals surface area contributed by atoms with E-state index >= 15 is 0 Å². The van der Waals surface area contributed by atoms with Gasteiger partial charge in [0.1, 0.15) is 11.8 Å². The number of nitrogens with one attached hydrogen (secondary N) is 1. The number of anilines is 1. The number of allylic oxidation sites excluding steroid dienone is 1. The van der Waals surface area contributed by atoms with Crippen LogP contribution in [0.4, 0.5) is 11.6 Å². The maximum absolute atomic E-state index is 12.2. The fourth-order valence-corrected chi connectivity index (χ4v) is 3.32. The smallest absolute Gasteiger partial charge is 0.270 e. The Morgan fingerprint density at radius 1 is 1.28 bits per heavy atom. The molecule has 0 saturated carbocycles. The summed E-state index contributed by atoms with van der Waals surface area (Å²) >= 11 is 0. The molecule has 1 unspecified atom stereocenters. The Morgan fingerprint density at radius 3 is 2.66 bits per heavy atom.